The van der Waals surface area contributed by atoms with E-state index in [9.17, 15) is 33.6 Å². The lowest BCUT2D eigenvalue weighted by Crippen LogP contribution is -2.30. The highest BCUT2D eigenvalue weighted by Gasteiger charge is 2.43. The van der Waals surface area contributed by atoms with E-state index in [1.165, 1.54) is 4.57 Å². The van der Waals surface area contributed by atoms with Crippen LogP contribution in [-0.2, 0) is 27.1 Å². The molecular weight excluding hydrogens is 507 g/mol. The van der Waals surface area contributed by atoms with Gasteiger partial charge in [0.05, 0.1) is 19.0 Å². The molecule has 8 N–H and O–H groups in total. The lowest BCUT2D eigenvalue weighted by atomic mass is 10.2. The molecular formula is C10H16N5O14P3. The number of rotatable bonds is 8. The molecule has 0 amide bonds. The van der Waals surface area contributed by atoms with Crippen LogP contribution in [0.15, 0.2) is 11.1 Å². The quantitative estimate of drug-likeness (QED) is 0.177. The summed E-state index contributed by atoms with van der Waals surface area (Å²) in [6.45, 7) is -0.479. The average Bonchev–Trinajstić information content (AvgIpc) is 3.18. The number of aromatic nitrogens is 4. The number of phosphoric acid groups is 3. The molecule has 0 spiro atoms. The molecule has 3 heterocycles. The second-order valence-corrected chi connectivity index (χ2v) is 10.5. The Balaban J connectivity index is 1.91. The number of ether oxygens (including phenoxy) is 1. The summed E-state index contributed by atoms with van der Waals surface area (Å²) < 4.78 is 51.9. The van der Waals surface area contributed by atoms with Gasteiger partial charge in [-0.1, -0.05) is 4.73 Å². The summed E-state index contributed by atoms with van der Waals surface area (Å²) in [6.07, 6.45) is -1.74. The number of hydrogen-bond donors (Lipinski definition) is 7. The minimum Gasteiger partial charge on any atom is -0.394 e. The molecule has 1 aliphatic rings. The van der Waals surface area contributed by atoms with Crippen LogP contribution >= 0.6 is 23.5 Å². The van der Waals surface area contributed by atoms with Crippen molar-refractivity contribution in [3.8, 4) is 0 Å². The zero-order valence-electron chi connectivity index (χ0n) is 15.4. The minimum absolute atomic E-state index is 0.00287. The third-order valence-electron chi connectivity index (χ3n) is 3.88. The lowest BCUT2D eigenvalue weighted by Gasteiger charge is -2.17. The van der Waals surface area contributed by atoms with Crippen molar-refractivity contribution in [1.82, 2.24) is 19.3 Å². The van der Waals surface area contributed by atoms with Gasteiger partial charge in [-0.25, -0.2) is 18.7 Å². The number of nitrogen functional groups attached to an aromatic ring is 1. The lowest BCUT2D eigenvalue weighted by molar-refractivity contribution is -0.0432. The number of fused-ring (bicyclic) bond motifs is 1. The van der Waals surface area contributed by atoms with Crippen LogP contribution in [0.5, 0.6) is 0 Å². The van der Waals surface area contributed by atoms with E-state index in [1.54, 1.807) is 0 Å². The van der Waals surface area contributed by atoms with Crippen molar-refractivity contribution in [1.29, 1.82) is 0 Å². The van der Waals surface area contributed by atoms with Gasteiger partial charge in [-0.15, -0.1) is 0 Å². The normalized spacial score (nSPS) is 25.5. The third kappa shape index (κ3) is 5.43. The molecule has 32 heavy (non-hydrogen) atoms. The van der Waals surface area contributed by atoms with Gasteiger partial charge in [0, 0.05) is 6.42 Å². The molecule has 180 valence electrons. The van der Waals surface area contributed by atoms with Crippen LogP contribution in [0.25, 0.3) is 11.2 Å². The summed E-state index contributed by atoms with van der Waals surface area (Å²) in [4.78, 5) is 55.9. The third-order valence-corrected chi connectivity index (χ3v) is 7.58. The maximum atomic E-state index is 12.6. The summed E-state index contributed by atoms with van der Waals surface area (Å²) >= 11 is 0. The van der Waals surface area contributed by atoms with Gasteiger partial charge < -0.3 is 40.0 Å². The van der Waals surface area contributed by atoms with Gasteiger partial charge in [-0.2, -0.15) is 13.6 Å². The topological polar surface area (TPSA) is 288 Å². The van der Waals surface area contributed by atoms with Crippen LogP contribution in [0.3, 0.4) is 0 Å². The highest BCUT2D eigenvalue weighted by molar-refractivity contribution is 7.66. The van der Waals surface area contributed by atoms with Crippen molar-refractivity contribution < 1.29 is 61.5 Å². The largest absolute Gasteiger partial charge is 0.555 e. The van der Waals surface area contributed by atoms with Gasteiger partial charge in [-0.3, -0.25) is 14.3 Å². The Labute approximate surface area is 176 Å². The highest BCUT2D eigenvalue weighted by atomic mass is 31.3. The summed E-state index contributed by atoms with van der Waals surface area (Å²) in [6, 6.07) is 0. The van der Waals surface area contributed by atoms with Crippen molar-refractivity contribution >= 4 is 40.6 Å². The van der Waals surface area contributed by atoms with E-state index in [-0.39, 0.29) is 16.8 Å². The molecule has 2 aromatic heterocycles. The molecule has 0 bridgehead atoms. The van der Waals surface area contributed by atoms with E-state index in [0.29, 0.717) is 0 Å². The Kier molecular flexibility index (Phi) is 6.67. The Morgan fingerprint density at radius 1 is 1.19 bits per heavy atom. The molecule has 19 nitrogen and oxygen atoms in total. The Morgan fingerprint density at radius 2 is 1.84 bits per heavy atom. The predicted octanol–water partition coefficient (Wildman–Crippen LogP) is -2.43. The number of nitrogens with zero attached hydrogens (tertiary/aromatic N) is 4. The SMILES string of the molecule is Nc1nc2c(ncn2[C@H]2C[C@H](O)[C@@H](CO)O2)c(=O)n1OP(=O)(O)OP(=O)(O)OP(=O)(O)O. The smallest absolute Gasteiger partial charge is 0.394 e. The summed E-state index contributed by atoms with van der Waals surface area (Å²) in [7, 11) is -17.2. The second-order valence-electron chi connectivity index (χ2n) is 6.18. The standard InChI is InChI=1S/C10H16N5O14P3/c11-10-13-8-7(12-3-14(8)6-1-4(17)5(2-16)26-6)9(18)15(10)27-31(22,23)29-32(24,25)28-30(19,20)21/h3-6,16-17H,1-2H2,(H2,11,13)(H,22,23)(H,24,25)(H2,19,20,21)/t4-,5+,6+/m0/s1. The number of imidazole rings is 1. The molecule has 0 aromatic carbocycles. The van der Waals surface area contributed by atoms with E-state index in [4.69, 9.17) is 25.2 Å². The zero-order valence-corrected chi connectivity index (χ0v) is 18.1. The van der Waals surface area contributed by atoms with Crippen LogP contribution in [0, 0.1) is 0 Å². The highest BCUT2D eigenvalue weighted by Crippen LogP contribution is 2.65. The Hall–Kier alpha value is -1.72. The number of aliphatic hydroxyl groups is 2. The average molecular weight is 523 g/mol. The van der Waals surface area contributed by atoms with E-state index in [1.807, 2.05) is 0 Å². The van der Waals surface area contributed by atoms with Gasteiger partial charge in [0.1, 0.15) is 12.3 Å². The molecule has 5 atom stereocenters. The summed E-state index contributed by atoms with van der Waals surface area (Å²) in [5.74, 6) is -0.872. The zero-order chi connectivity index (χ0) is 24.1. The van der Waals surface area contributed by atoms with Gasteiger partial charge in [-0.05, 0) is 0 Å². The first kappa shape index (κ1) is 24.9. The molecule has 2 aromatic rings. The van der Waals surface area contributed by atoms with Crippen LogP contribution in [0.1, 0.15) is 12.6 Å². The first-order valence-corrected chi connectivity index (χ1v) is 12.7. The molecule has 2 unspecified atom stereocenters. The van der Waals surface area contributed by atoms with E-state index >= 15 is 0 Å². The van der Waals surface area contributed by atoms with E-state index in [2.05, 4.69) is 23.2 Å². The van der Waals surface area contributed by atoms with Crippen molar-refractivity contribution in [2.24, 2.45) is 0 Å². The summed E-state index contributed by atoms with van der Waals surface area (Å²) in [5.41, 5.74) is 3.58. The fraction of sp³-hybridized carbons (Fsp3) is 0.500. The molecule has 0 radical (unpaired) electrons. The fourth-order valence-electron chi connectivity index (χ4n) is 2.71. The number of nitrogens with two attached hydrogens (primary N) is 1. The minimum atomic E-state index is -5.83. The number of hydrogen-bond acceptors (Lipinski definition) is 13. The molecule has 22 heteroatoms. The molecule has 1 aliphatic heterocycles. The van der Waals surface area contributed by atoms with Crippen LogP contribution in [0.4, 0.5) is 5.95 Å². The first-order valence-electron chi connectivity index (χ1n) is 8.16. The van der Waals surface area contributed by atoms with Crippen LogP contribution in [0.2, 0.25) is 0 Å². The first-order chi connectivity index (χ1) is 14.6. The van der Waals surface area contributed by atoms with Crippen molar-refractivity contribution in [3.05, 3.63) is 16.7 Å². The van der Waals surface area contributed by atoms with Gasteiger partial charge >= 0.3 is 29.0 Å². The van der Waals surface area contributed by atoms with Crippen molar-refractivity contribution in [2.45, 2.75) is 24.9 Å². The number of anilines is 1. The van der Waals surface area contributed by atoms with Gasteiger partial charge in [0.15, 0.2) is 11.2 Å². The Morgan fingerprint density at radius 3 is 2.41 bits per heavy atom. The van der Waals surface area contributed by atoms with Crippen molar-refractivity contribution in [2.75, 3.05) is 12.3 Å². The number of aliphatic hydroxyl groups excluding tert-OH is 2. The van der Waals surface area contributed by atoms with Crippen LogP contribution < -0.4 is 15.9 Å². The van der Waals surface area contributed by atoms with Gasteiger partial charge in [0.25, 0.3) is 0 Å². The van der Waals surface area contributed by atoms with E-state index < -0.39 is 65.5 Å². The van der Waals surface area contributed by atoms with Gasteiger partial charge in [0.2, 0.25) is 5.95 Å². The predicted molar refractivity (Wildman–Crippen MR) is 98.3 cm³/mol. The van der Waals surface area contributed by atoms with E-state index in [0.717, 1.165) is 6.33 Å². The summed E-state index contributed by atoms with van der Waals surface area (Å²) in [5, 5.41) is 19.0. The van der Waals surface area contributed by atoms with Crippen LogP contribution in [-0.4, -0.2) is 67.9 Å². The molecule has 0 aliphatic carbocycles. The Bertz CT molecular complexity index is 1220. The second kappa shape index (κ2) is 8.57. The maximum absolute atomic E-state index is 12.6. The maximum Gasteiger partial charge on any atom is 0.555 e. The molecule has 3 rings (SSSR count). The fourth-order valence-corrected chi connectivity index (χ4v) is 5.70. The van der Waals surface area contributed by atoms with Crippen molar-refractivity contribution in [3.63, 3.8) is 0 Å². The monoisotopic (exact) mass is 523 g/mol. The molecule has 1 saturated heterocycles. The molecule has 1 fully saturated rings. The molecule has 0 saturated carbocycles.